The van der Waals surface area contributed by atoms with E-state index in [1.165, 1.54) is 16.7 Å². The second-order valence-corrected chi connectivity index (χ2v) is 14.5. The van der Waals surface area contributed by atoms with Crippen LogP contribution in [0, 0.1) is 11.3 Å². The average Bonchev–Trinajstić information content (AvgIpc) is 2.92. The molecule has 0 spiro atoms. The second kappa shape index (κ2) is 12.4. The average molecular weight is 585 g/mol. The Balaban J connectivity index is 1.57. The smallest absolute Gasteiger partial charge is 0.345 e. The summed E-state index contributed by atoms with van der Waals surface area (Å²) in [6.07, 6.45) is 4.78. The Kier molecular flexibility index (Phi) is 9.61. The van der Waals surface area contributed by atoms with E-state index in [-0.39, 0.29) is 35.6 Å². The van der Waals surface area contributed by atoms with E-state index in [4.69, 9.17) is 21.3 Å². The zero-order valence-corrected chi connectivity index (χ0v) is 26.5. The first-order valence-electron chi connectivity index (χ1n) is 14.7. The van der Waals surface area contributed by atoms with Gasteiger partial charge in [0.1, 0.15) is 0 Å². The number of carbonyl (C=O) groups excluding carboxylic acids is 1. The number of hydrogen-bond donors (Lipinski definition) is 2. The number of carbonyl (C=O) groups is 1. The molecule has 1 amide bonds. The largest absolute Gasteiger partial charge is 0.357 e. The number of rotatable bonds is 9. The molecule has 0 aromatic heterocycles. The Labute approximate surface area is 245 Å². The van der Waals surface area contributed by atoms with Crippen LogP contribution >= 0.6 is 19.8 Å². The summed E-state index contributed by atoms with van der Waals surface area (Å²) < 4.78 is 25.2. The molecule has 0 saturated heterocycles. The highest BCUT2D eigenvalue weighted by atomic mass is 32.1. The van der Waals surface area contributed by atoms with E-state index >= 15 is 0 Å². The number of nitrogens with one attached hydrogen (secondary N) is 2. The van der Waals surface area contributed by atoms with Gasteiger partial charge in [0, 0.05) is 0 Å². The van der Waals surface area contributed by atoms with Gasteiger partial charge in [0.05, 0.1) is 18.6 Å². The van der Waals surface area contributed by atoms with Gasteiger partial charge in [-0.2, -0.15) is 0 Å². The normalized spacial score (nSPS) is 25.0. The summed E-state index contributed by atoms with van der Waals surface area (Å²) in [6.45, 7) is 12.9. The fraction of sp³-hybridized carbons (Fsp3) is 0.562. The fourth-order valence-electron chi connectivity index (χ4n) is 7.07. The van der Waals surface area contributed by atoms with Crippen LogP contribution < -0.4 is 10.6 Å². The van der Waals surface area contributed by atoms with Crippen LogP contribution in [-0.2, 0) is 30.2 Å². The molecule has 0 aliphatic heterocycles. The number of amides is 1. The molecule has 0 heterocycles. The molecular formula is C32H45N2O4PS. The summed E-state index contributed by atoms with van der Waals surface area (Å²) in [5.74, 6) is -0.246. The van der Waals surface area contributed by atoms with Gasteiger partial charge in [-0.3, -0.25) is 9.36 Å². The number of hydrogen-bond acceptors (Lipinski definition) is 5. The first-order chi connectivity index (χ1) is 19.0. The molecule has 2 aromatic carbocycles. The quantitative estimate of drug-likeness (QED) is 0.232. The molecule has 4 rings (SSSR count). The maximum absolute atomic E-state index is 14.0. The van der Waals surface area contributed by atoms with Crippen LogP contribution in [0.5, 0.6) is 0 Å². The molecular weight excluding hydrogens is 539 g/mol. The van der Waals surface area contributed by atoms with Crippen molar-refractivity contribution in [1.82, 2.24) is 10.6 Å². The van der Waals surface area contributed by atoms with Crippen LogP contribution in [0.4, 0.5) is 0 Å². The minimum atomic E-state index is -3.63. The molecule has 1 saturated carbocycles. The van der Waals surface area contributed by atoms with Gasteiger partial charge in [-0.05, 0) is 91.3 Å². The first kappa shape index (κ1) is 30.9. The Morgan fingerprint density at radius 3 is 2.35 bits per heavy atom. The van der Waals surface area contributed by atoms with Gasteiger partial charge >= 0.3 is 7.60 Å². The molecule has 0 radical (unpaired) electrons. The fourth-order valence-corrected chi connectivity index (χ4v) is 9.29. The van der Waals surface area contributed by atoms with E-state index in [9.17, 15) is 9.36 Å². The number of aryl methyl sites for hydroxylation is 1. The van der Waals surface area contributed by atoms with E-state index in [1.54, 1.807) is 13.8 Å². The Bertz CT molecular complexity index is 1260. The highest BCUT2D eigenvalue weighted by Gasteiger charge is 2.55. The maximum Gasteiger partial charge on any atom is 0.357 e. The highest BCUT2D eigenvalue weighted by Crippen LogP contribution is 2.60. The van der Waals surface area contributed by atoms with E-state index in [0.29, 0.717) is 11.5 Å². The number of thiocarbonyl (C=S) groups is 1. The van der Waals surface area contributed by atoms with Crippen molar-refractivity contribution in [3.8, 4) is 0 Å². The molecule has 40 heavy (non-hydrogen) atoms. The lowest BCUT2D eigenvalue weighted by molar-refractivity contribution is -0.137. The van der Waals surface area contributed by atoms with E-state index < -0.39 is 18.8 Å². The predicted octanol–water partition coefficient (Wildman–Crippen LogP) is 7.78. The molecule has 0 bridgehead atoms. The summed E-state index contributed by atoms with van der Waals surface area (Å²) in [5.41, 5.74) is 4.25. The summed E-state index contributed by atoms with van der Waals surface area (Å²) >= 11 is 5.66. The molecule has 4 atom stereocenters. The van der Waals surface area contributed by atoms with E-state index in [2.05, 4.69) is 56.5 Å². The van der Waals surface area contributed by atoms with Crippen molar-refractivity contribution < 1.29 is 18.4 Å². The van der Waals surface area contributed by atoms with Gasteiger partial charge in [-0.25, -0.2) is 0 Å². The molecule has 1 unspecified atom stereocenters. The third-order valence-corrected chi connectivity index (χ3v) is 11.6. The Hall–Kier alpha value is -2.05. The molecule has 218 valence electrons. The van der Waals surface area contributed by atoms with Crippen LogP contribution in [0.3, 0.4) is 0 Å². The monoisotopic (exact) mass is 584 g/mol. The third-order valence-electron chi connectivity index (χ3n) is 9.11. The molecule has 2 aromatic rings. The lowest BCUT2D eigenvalue weighted by Gasteiger charge is -2.54. The molecule has 1 fully saturated rings. The van der Waals surface area contributed by atoms with Gasteiger partial charge in [-0.15, -0.1) is 0 Å². The summed E-state index contributed by atoms with van der Waals surface area (Å²) in [6, 6.07) is 16.3. The van der Waals surface area contributed by atoms with E-state index in [0.717, 1.165) is 32.1 Å². The van der Waals surface area contributed by atoms with Crippen LogP contribution in [0.2, 0.25) is 0 Å². The Morgan fingerprint density at radius 2 is 1.73 bits per heavy atom. The Morgan fingerprint density at radius 1 is 1.05 bits per heavy atom. The molecule has 8 heteroatoms. The lowest BCUT2D eigenvalue weighted by Crippen LogP contribution is -2.57. The lowest BCUT2D eigenvalue weighted by atomic mass is 9.49. The predicted molar refractivity (Wildman–Crippen MR) is 166 cm³/mol. The van der Waals surface area contributed by atoms with Gasteiger partial charge in [0.25, 0.3) is 0 Å². The summed E-state index contributed by atoms with van der Waals surface area (Å²) in [5, 5.41) is 6.25. The van der Waals surface area contributed by atoms with E-state index in [1.807, 2.05) is 30.3 Å². The third kappa shape index (κ3) is 5.94. The minimum absolute atomic E-state index is 0.0747. The van der Waals surface area contributed by atoms with Crippen LogP contribution in [-0.4, -0.2) is 24.2 Å². The highest BCUT2D eigenvalue weighted by molar-refractivity contribution is 7.80. The van der Waals surface area contributed by atoms with Crippen LogP contribution in [0.15, 0.2) is 48.5 Å². The summed E-state index contributed by atoms with van der Waals surface area (Å²) in [4.78, 5) is 14.0. The van der Waals surface area contributed by atoms with Gasteiger partial charge < -0.3 is 19.7 Å². The van der Waals surface area contributed by atoms with Gasteiger partial charge in [-0.1, -0.05) is 82.6 Å². The van der Waals surface area contributed by atoms with Crippen molar-refractivity contribution in [1.29, 1.82) is 0 Å². The molecule has 2 aliphatic rings. The van der Waals surface area contributed by atoms with Crippen molar-refractivity contribution in [3.63, 3.8) is 0 Å². The topological polar surface area (TPSA) is 76.7 Å². The second-order valence-electron chi connectivity index (χ2n) is 12.0. The molecule has 6 nitrogen and oxygen atoms in total. The number of benzene rings is 2. The molecule has 2 aliphatic carbocycles. The van der Waals surface area contributed by atoms with Gasteiger partial charge in [0.2, 0.25) is 5.91 Å². The van der Waals surface area contributed by atoms with Crippen molar-refractivity contribution >= 4 is 30.8 Å². The van der Waals surface area contributed by atoms with Gasteiger partial charge in [0.15, 0.2) is 10.9 Å². The summed E-state index contributed by atoms with van der Waals surface area (Å²) in [7, 11) is -3.63. The zero-order chi connectivity index (χ0) is 29.1. The van der Waals surface area contributed by atoms with Crippen molar-refractivity contribution in [2.24, 2.45) is 11.3 Å². The molecule has 2 N–H and O–H groups in total. The zero-order valence-electron chi connectivity index (χ0n) is 24.8. The SMILES string of the molecule is CCOP(=O)(OCC)C(NC(=S)NC(=O)[C@]1(C)CCC[C@]2(C)c3ccc(C(C)C)cc3CC[C@@H]12)c1ccccc1. The number of fused-ring (bicyclic) bond motifs is 3. The van der Waals surface area contributed by atoms with Crippen molar-refractivity contribution in [2.45, 2.75) is 90.8 Å². The standard InChI is InChI=1S/C32H45N2O4PS/c1-7-37-39(36,38-8-2)28(23-13-10-9-11-14-23)33-30(40)34-29(35)32(6)20-12-19-31(5)26-17-15-24(22(3)4)21-25(26)16-18-27(31)32/h9-11,13-15,17,21-22,27-28H,7-8,12,16,18-20H2,1-6H3,(H2,33,34,35,40)/t27-,28?,31-,32-/m1/s1. The van der Waals surface area contributed by atoms with Crippen molar-refractivity contribution in [2.75, 3.05) is 13.2 Å². The van der Waals surface area contributed by atoms with Crippen molar-refractivity contribution in [3.05, 3.63) is 70.8 Å². The van der Waals surface area contributed by atoms with Crippen LogP contribution in [0.1, 0.15) is 101 Å². The first-order valence-corrected chi connectivity index (χ1v) is 16.7. The minimum Gasteiger partial charge on any atom is -0.345 e. The van der Waals surface area contributed by atoms with Crippen LogP contribution in [0.25, 0.3) is 0 Å². The maximum atomic E-state index is 14.0.